The first-order chi connectivity index (χ1) is 14.5. The second-order valence-corrected chi connectivity index (χ2v) is 7.14. The molecule has 0 atom stereocenters. The summed E-state index contributed by atoms with van der Waals surface area (Å²) in [5, 5.41) is 19.0. The molecule has 2 N–H and O–H groups in total. The fraction of sp³-hybridized carbons (Fsp3) is 0.286. The Hall–Kier alpha value is -3.75. The van der Waals surface area contributed by atoms with Crippen molar-refractivity contribution in [1.82, 2.24) is 34.7 Å². The number of nitrogens with zero attached hydrogens (tertiary/aromatic N) is 6. The van der Waals surface area contributed by atoms with Gasteiger partial charge < -0.3 is 10.6 Å². The van der Waals surface area contributed by atoms with Gasteiger partial charge in [0.05, 0.1) is 11.4 Å². The lowest BCUT2D eigenvalue weighted by Crippen LogP contribution is -2.30. The molecule has 0 aromatic carbocycles. The van der Waals surface area contributed by atoms with E-state index in [0.29, 0.717) is 36.1 Å². The summed E-state index contributed by atoms with van der Waals surface area (Å²) in [5.74, 6) is 1.15. The van der Waals surface area contributed by atoms with Crippen LogP contribution in [0.15, 0.2) is 36.5 Å². The molecule has 9 heteroatoms. The van der Waals surface area contributed by atoms with Crippen molar-refractivity contribution in [3.63, 3.8) is 0 Å². The van der Waals surface area contributed by atoms with E-state index in [1.807, 2.05) is 64.2 Å². The van der Waals surface area contributed by atoms with Gasteiger partial charge in [0.15, 0.2) is 5.82 Å². The third-order valence-corrected chi connectivity index (χ3v) is 5.16. The molecule has 0 bridgehead atoms. The molecule has 0 unspecified atom stereocenters. The number of imidazole rings is 1. The molecule has 154 valence electrons. The number of anilines is 1. The van der Waals surface area contributed by atoms with Crippen LogP contribution in [0.25, 0.3) is 11.5 Å². The molecule has 0 spiro atoms. The molecule has 1 amide bonds. The van der Waals surface area contributed by atoms with Crippen molar-refractivity contribution in [2.45, 2.75) is 27.7 Å². The second kappa shape index (κ2) is 7.94. The fourth-order valence-corrected chi connectivity index (χ4v) is 3.31. The van der Waals surface area contributed by atoms with E-state index in [9.17, 15) is 4.79 Å². The Morgan fingerprint density at radius 3 is 2.53 bits per heavy atom. The van der Waals surface area contributed by atoms with E-state index in [4.69, 9.17) is 0 Å². The lowest BCUT2D eigenvalue weighted by molar-refractivity contribution is 0.0948. The van der Waals surface area contributed by atoms with Crippen LogP contribution >= 0.6 is 0 Å². The first kappa shape index (κ1) is 19.6. The Bertz CT molecular complexity index is 1210. The number of pyridine rings is 1. The molecule has 4 heterocycles. The number of amides is 1. The van der Waals surface area contributed by atoms with Crippen LogP contribution in [0.4, 0.5) is 5.82 Å². The third-order valence-electron chi connectivity index (χ3n) is 5.16. The molecule has 0 saturated carbocycles. The van der Waals surface area contributed by atoms with Crippen LogP contribution in [0.5, 0.6) is 0 Å². The van der Waals surface area contributed by atoms with Crippen molar-refractivity contribution in [3.8, 4) is 5.82 Å². The summed E-state index contributed by atoms with van der Waals surface area (Å²) in [6.45, 7) is 8.83. The lowest BCUT2D eigenvalue weighted by atomic mass is 10.2. The van der Waals surface area contributed by atoms with Gasteiger partial charge in [-0.2, -0.15) is 5.10 Å². The molecule has 9 nitrogen and oxygen atoms in total. The van der Waals surface area contributed by atoms with E-state index in [-0.39, 0.29) is 5.91 Å². The molecule has 0 radical (unpaired) electrons. The maximum atomic E-state index is 12.6. The summed E-state index contributed by atoms with van der Waals surface area (Å²) in [6.07, 6.45) is 1.84. The van der Waals surface area contributed by atoms with Crippen molar-refractivity contribution in [3.05, 3.63) is 64.9 Å². The highest BCUT2D eigenvalue weighted by atomic mass is 16.1. The molecule has 0 fully saturated rings. The number of aryl methyl sites for hydroxylation is 2. The second-order valence-electron chi connectivity index (χ2n) is 7.14. The molecular formula is C21H24N8O. The molecular weight excluding hydrogens is 380 g/mol. The summed E-state index contributed by atoms with van der Waals surface area (Å²) in [4.78, 5) is 17.0. The number of rotatable bonds is 6. The zero-order valence-corrected chi connectivity index (χ0v) is 17.5. The smallest absolute Gasteiger partial charge is 0.270 e. The number of hydrogen-bond donors (Lipinski definition) is 2. The molecule has 0 aliphatic carbocycles. The molecule has 0 saturated heterocycles. The SMILES string of the molecule is Cc1nn(-c2ccc(NCCNC(=O)c3c(C)nc4ccccn34)nn2)c(C)c1C. The standard InChI is InChI=1S/C21H24N8O/c1-13-14(2)27-29(16(13)4)19-9-8-17(25-26-19)22-10-11-23-21(30)20-15(3)24-18-7-5-6-12-28(18)20/h5-9,12H,10-11H2,1-4H3,(H,22,25)(H,23,30). The summed E-state index contributed by atoms with van der Waals surface area (Å²) in [6, 6.07) is 9.37. The summed E-state index contributed by atoms with van der Waals surface area (Å²) in [5.41, 5.74) is 5.19. The first-order valence-electron chi connectivity index (χ1n) is 9.78. The number of carbonyl (C=O) groups excluding carboxylic acids is 1. The predicted octanol–water partition coefficient (Wildman–Crippen LogP) is 2.39. The van der Waals surface area contributed by atoms with Crippen LogP contribution in [0.3, 0.4) is 0 Å². The minimum absolute atomic E-state index is 0.158. The number of carbonyl (C=O) groups is 1. The Morgan fingerprint density at radius 1 is 1.00 bits per heavy atom. The molecule has 4 aromatic heterocycles. The predicted molar refractivity (Wildman–Crippen MR) is 114 cm³/mol. The van der Waals surface area contributed by atoms with Crippen molar-refractivity contribution in [1.29, 1.82) is 0 Å². The van der Waals surface area contributed by atoms with Gasteiger partial charge in [-0.25, -0.2) is 9.67 Å². The maximum absolute atomic E-state index is 12.6. The number of hydrogen-bond acceptors (Lipinski definition) is 6. The van der Waals surface area contributed by atoms with Gasteiger partial charge in [0, 0.05) is 25.0 Å². The maximum Gasteiger partial charge on any atom is 0.270 e. The van der Waals surface area contributed by atoms with Crippen LogP contribution in [-0.2, 0) is 0 Å². The normalized spacial score (nSPS) is 11.1. The molecule has 4 aromatic rings. The Labute approximate surface area is 174 Å². The summed E-state index contributed by atoms with van der Waals surface area (Å²) >= 11 is 0. The van der Waals surface area contributed by atoms with Crippen molar-refractivity contribution < 1.29 is 4.79 Å². The molecule has 4 rings (SSSR count). The highest BCUT2D eigenvalue weighted by molar-refractivity contribution is 5.94. The monoisotopic (exact) mass is 404 g/mol. The zero-order valence-electron chi connectivity index (χ0n) is 17.5. The Balaban J connectivity index is 1.34. The Morgan fingerprint density at radius 2 is 1.83 bits per heavy atom. The quantitative estimate of drug-likeness (QED) is 0.479. The van der Waals surface area contributed by atoms with Gasteiger partial charge in [-0.15, -0.1) is 10.2 Å². The van der Waals surface area contributed by atoms with E-state index < -0.39 is 0 Å². The lowest BCUT2D eigenvalue weighted by Gasteiger charge is -2.08. The van der Waals surface area contributed by atoms with Gasteiger partial charge >= 0.3 is 0 Å². The topological polar surface area (TPSA) is 102 Å². The first-order valence-corrected chi connectivity index (χ1v) is 9.78. The van der Waals surface area contributed by atoms with Crippen LogP contribution in [-0.4, -0.2) is 48.4 Å². The number of nitrogens with one attached hydrogen (secondary N) is 2. The third kappa shape index (κ3) is 3.61. The highest BCUT2D eigenvalue weighted by Crippen LogP contribution is 2.15. The van der Waals surface area contributed by atoms with Gasteiger partial charge in [0.1, 0.15) is 17.2 Å². The minimum Gasteiger partial charge on any atom is -0.367 e. The highest BCUT2D eigenvalue weighted by Gasteiger charge is 2.15. The van der Waals surface area contributed by atoms with Gasteiger partial charge in [0.2, 0.25) is 0 Å². The van der Waals surface area contributed by atoms with Crippen molar-refractivity contribution in [2.75, 3.05) is 18.4 Å². The average molecular weight is 404 g/mol. The zero-order chi connectivity index (χ0) is 21.3. The van der Waals surface area contributed by atoms with Crippen LogP contribution < -0.4 is 10.6 Å². The Kier molecular flexibility index (Phi) is 5.18. The van der Waals surface area contributed by atoms with Crippen molar-refractivity contribution in [2.24, 2.45) is 0 Å². The van der Waals surface area contributed by atoms with Gasteiger partial charge in [0.25, 0.3) is 5.91 Å². The van der Waals surface area contributed by atoms with E-state index in [1.165, 1.54) is 0 Å². The van der Waals surface area contributed by atoms with Crippen LogP contribution in [0.2, 0.25) is 0 Å². The van der Waals surface area contributed by atoms with Gasteiger partial charge in [-0.05, 0) is 57.5 Å². The van der Waals surface area contributed by atoms with E-state index in [0.717, 1.165) is 22.6 Å². The van der Waals surface area contributed by atoms with Crippen LogP contribution in [0, 0.1) is 27.7 Å². The van der Waals surface area contributed by atoms with Gasteiger partial charge in [-0.1, -0.05) is 6.07 Å². The number of aromatic nitrogens is 6. The molecule has 0 aliphatic rings. The van der Waals surface area contributed by atoms with Crippen molar-refractivity contribution >= 4 is 17.4 Å². The molecule has 0 aliphatic heterocycles. The molecule has 30 heavy (non-hydrogen) atoms. The van der Waals surface area contributed by atoms with E-state index >= 15 is 0 Å². The van der Waals surface area contributed by atoms with Crippen LogP contribution in [0.1, 0.15) is 33.1 Å². The minimum atomic E-state index is -0.158. The van der Waals surface area contributed by atoms with E-state index in [1.54, 1.807) is 9.08 Å². The summed E-state index contributed by atoms with van der Waals surface area (Å²) in [7, 11) is 0. The van der Waals surface area contributed by atoms with Gasteiger partial charge in [-0.3, -0.25) is 9.20 Å². The summed E-state index contributed by atoms with van der Waals surface area (Å²) < 4.78 is 3.59. The number of fused-ring (bicyclic) bond motifs is 1. The fourth-order valence-electron chi connectivity index (χ4n) is 3.31. The largest absolute Gasteiger partial charge is 0.367 e. The van der Waals surface area contributed by atoms with E-state index in [2.05, 4.69) is 30.9 Å². The average Bonchev–Trinajstić information content (AvgIpc) is 3.22.